The number of non-ortho nitro benzene ring substituents is 3. The smallest absolute Gasteiger partial charge is 0.258 e. The van der Waals surface area contributed by atoms with Crippen LogP contribution >= 0.6 is 63.9 Å². The number of hydrogen-bond acceptors (Lipinski definition) is 38. The van der Waals surface area contributed by atoms with E-state index in [2.05, 4.69) is 49.2 Å². The van der Waals surface area contributed by atoms with Gasteiger partial charge in [0.15, 0.2) is 17.5 Å². The Labute approximate surface area is 883 Å². The van der Waals surface area contributed by atoms with E-state index in [0.717, 1.165) is 26.8 Å². The number of aliphatic hydroxyl groups is 1. The Morgan fingerprint density at radius 2 is 0.816 bits per heavy atom. The van der Waals surface area contributed by atoms with Gasteiger partial charge in [0.1, 0.15) is 18.5 Å². The standard InChI is InChI=1S/C13H15NO4.C13H13NO3.C12H9IN2O8S.C11H13NO2.2C11H12O3.C10H11IO4.C6H5I.C6H4N2O4.C2H6O.5CH4.O3S/c1-3-17-13(16)12(18-9(2)15)11(14)10-7-5-4-6-8-10;1-3-16-13(15)12-11(14-9(2)17-12)10-7-5-4-6-8-10;16-13(9-4-2-1-3-5-9)23-24(21,22)12-7-6-10(14(17)18)8-11(12)15(19)20;3*1-2-14-11(13)8-10(12)9-6-4-3-5-7-9;1-8(12)14-11(15-9(2)13)10-6-4-3-5-7-10;7-6-4-2-1-3-5-6;9-7(10)5-2-1-3-6(4-5)8(11)12;1-2-3;;;;;;1-4(2)3/h4-8H,3,14H2,1-2H3;4-8H,3H2,1-2H3;1-8,16H;3-8H,2,12H2,1H3;2*3-7H,2,8H2,1H3;3-7H,1-2H3;1-5H;1-4H;3H,2H2,1H3;5*1H4;/b12-11-;;;10-8+;;;;;;;;;;;;. The zero-order valence-corrected chi connectivity index (χ0v) is 85.7. The molecule has 798 valence electrons. The molecule has 1 aromatic heterocycles. The van der Waals surface area contributed by atoms with Crippen molar-refractivity contribution < 1.29 is 139 Å². The second kappa shape index (κ2) is 80.2. The summed E-state index contributed by atoms with van der Waals surface area (Å²) in [5, 5.41) is 49.6. The number of esters is 6. The number of nitrogens with zero attached hydrogens (tertiary/aromatic N) is 5. The summed E-state index contributed by atoms with van der Waals surface area (Å²) >= 11 is -3.89. The van der Waals surface area contributed by atoms with E-state index in [1.54, 1.807) is 152 Å². The number of ether oxygens (including phenoxy) is 6. The second-order valence-corrected chi connectivity index (χ2v) is 36.0. The summed E-state index contributed by atoms with van der Waals surface area (Å²) in [4.78, 5) is 154. The van der Waals surface area contributed by atoms with Crippen LogP contribution in [0.15, 0.2) is 306 Å². The van der Waals surface area contributed by atoms with Gasteiger partial charge in [-0.15, -0.1) is 12.6 Å². The first-order valence-electron chi connectivity index (χ1n) is 41.2. The molecule has 0 aliphatic carbocycles. The van der Waals surface area contributed by atoms with Crippen molar-refractivity contribution >= 4 is 178 Å². The van der Waals surface area contributed by atoms with Crippen molar-refractivity contribution in [2.75, 3.05) is 39.6 Å². The number of aryl methyl sites for hydroxylation is 1. The van der Waals surface area contributed by atoms with Crippen LogP contribution < -0.4 is 11.5 Å². The zero-order chi connectivity index (χ0) is 107. The van der Waals surface area contributed by atoms with Gasteiger partial charge in [-0.3, -0.25) is 44.2 Å². The molecule has 0 amide bonds. The number of Topliss-reactive ketones (excluding diaryl/α,β-unsaturated/α-hetero) is 2. The second-order valence-electron chi connectivity index (χ2n) is 25.9. The first-order valence-corrected chi connectivity index (χ1v) is 50.4. The molecule has 1 heterocycles. The minimum atomic E-state index is -4.67. The zero-order valence-electron chi connectivity index (χ0n) is 77.6. The Bertz CT molecular complexity index is 6060. The van der Waals surface area contributed by atoms with E-state index in [1.807, 2.05) is 115 Å². The molecule has 0 bridgehead atoms. The van der Waals surface area contributed by atoms with Gasteiger partial charge in [-0.2, -0.15) is 0 Å². The van der Waals surface area contributed by atoms with Crippen LogP contribution in [0.3, 0.4) is 0 Å². The molecule has 11 aromatic rings. The molecule has 0 fully saturated rings. The molecule has 10 aromatic carbocycles. The summed E-state index contributed by atoms with van der Waals surface area (Å²) in [6, 6.07) is 78.5. The van der Waals surface area contributed by atoms with E-state index in [0.29, 0.717) is 72.5 Å². The summed E-state index contributed by atoms with van der Waals surface area (Å²) in [6.45, 7) is 17.5. The number of hydrogen-bond donors (Lipinski definition) is 4. The quantitative estimate of drug-likeness (QED) is 0.00389. The summed E-state index contributed by atoms with van der Waals surface area (Å²) in [5.41, 5.74) is 13.7. The van der Waals surface area contributed by atoms with Gasteiger partial charge >= 0.3 is 286 Å². The Balaban J connectivity index is -0.000000513. The molecule has 0 saturated heterocycles. The van der Waals surface area contributed by atoms with E-state index in [-0.39, 0.29) is 107 Å². The number of aliphatic hydroxyl groups excluding tert-OH is 1. The number of halogens is 3. The largest absolute Gasteiger partial charge is 0.276 e. The van der Waals surface area contributed by atoms with Gasteiger partial charge in [0.05, 0.1) is 54.6 Å². The number of oxazole rings is 1. The number of nitro benzene ring substituents is 4. The molecule has 147 heavy (non-hydrogen) atoms. The molecule has 47 heteroatoms. The van der Waals surface area contributed by atoms with Crippen LogP contribution in [0.2, 0.25) is 0 Å². The van der Waals surface area contributed by atoms with Gasteiger partial charge < -0.3 is 49.4 Å². The molecule has 0 unspecified atom stereocenters. The average molecular weight is 2420 g/mol. The summed E-state index contributed by atoms with van der Waals surface area (Å²) in [6.07, 6.45) is 0.925. The summed E-state index contributed by atoms with van der Waals surface area (Å²) < 4.78 is 111. The first kappa shape index (κ1) is 140. The van der Waals surface area contributed by atoms with Crippen LogP contribution in [0.4, 0.5) is 22.7 Å². The van der Waals surface area contributed by atoms with Crippen molar-refractivity contribution in [3.63, 3.8) is 0 Å². The molecule has 0 radical (unpaired) electrons. The third kappa shape index (κ3) is 60.3. The van der Waals surface area contributed by atoms with Gasteiger partial charge in [-0.1, -0.05) is 207 Å². The number of nitrogens with two attached hydrogens (primary N) is 2. The molecule has 11 rings (SSSR count). The minimum Gasteiger partial charge on any atom is -0.258 e. The van der Waals surface area contributed by atoms with Crippen molar-refractivity contribution in [1.82, 2.24) is 4.98 Å². The maximum atomic E-state index is 12.2. The fraction of sp³-hybridized carbons (Fsp3) is 0.230. The Kier molecular flexibility index (Phi) is 76.5. The summed E-state index contributed by atoms with van der Waals surface area (Å²) in [5.74, 6) is -4.14. The molecular formula is C100H120I3N7O35S2. The number of carbonyl (C=O) groups is 10. The maximum Gasteiger partial charge on any atom is 0.276 e. The minimum absolute atomic E-state index is 0. The van der Waals surface area contributed by atoms with Crippen LogP contribution in [0, 0.1) is 58.1 Å². The van der Waals surface area contributed by atoms with Crippen molar-refractivity contribution in [3.05, 3.63) is 382 Å². The van der Waals surface area contributed by atoms with Crippen molar-refractivity contribution in [3.8, 4) is 11.3 Å². The van der Waals surface area contributed by atoms with Crippen molar-refractivity contribution in [2.45, 2.75) is 124 Å². The molecule has 0 saturated carbocycles. The number of rotatable bonds is 29. The van der Waals surface area contributed by atoms with Crippen molar-refractivity contribution in [1.29, 1.82) is 0 Å². The SMILES string of the molecule is C.C.C.C.C.CC(=O)OI(OC(C)=O)c1ccccc1.CCO.CCOC(=O)/C(OC(C)=O)=C(/N)c1ccccc1.CCOC(=O)/C=C(/N)c1ccccc1.CCOC(=O)CC(=O)c1ccccc1.CCOC(=O)CC(=O)c1ccccc1.CCOC(=O)c1oc(C)nc1-c1ccccc1.Ic1ccccc1.O=S(=O)=O.O=[N+]([O-])c1ccc(S(=O)(=O)OI(O)c2ccccc2)c([N+](=O)[O-])c1.O=[N+]([O-])c1cccc([N+](=O)[O-])c1. The van der Waals surface area contributed by atoms with Gasteiger partial charge in [0.25, 0.3) is 11.4 Å². The summed E-state index contributed by atoms with van der Waals surface area (Å²) in [7, 11) is -7.78. The predicted octanol–water partition coefficient (Wildman–Crippen LogP) is 20.2. The molecule has 42 nitrogen and oxygen atoms in total. The van der Waals surface area contributed by atoms with Gasteiger partial charge in [0, 0.05) is 70.2 Å². The molecular weight excluding hydrogens is 2300 g/mol. The molecule has 0 spiro atoms. The van der Waals surface area contributed by atoms with E-state index in [9.17, 15) is 100 Å². The van der Waals surface area contributed by atoms with Gasteiger partial charge in [0.2, 0.25) is 11.5 Å². The third-order valence-electron chi connectivity index (χ3n) is 15.3. The molecule has 0 aliphatic rings. The monoisotopic (exact) mass is 2420 g/mol. The fourth-order valence-electron chi connectivity index (χ4n) is 9.61. The van der Waals surface area contributed by atoms with Crippen LogP contribution in [-0.2, 0) is 91.4 Å². The average Bonchev–Trinajstić information content (AvgIpc) is 1.48. The topological polar surface area (TPSA) is 630 Å². The van der Waals surface area contributed by atoms with E-state index >= 15 is 0 Å². The Morgan fingerprint density at radius 3 is 1.17 bits per heavy atom. The number of aromatic nitrogens is 1. The molecule has 0 aliphatic heterocycles. The predicted molar refractivity (Wildman–Crippen MR) is 575 cm³/mol. The van der Waals surface area contributed by atoms with Crippen LogP contribution in [0.1, 0.15) is 161 Å². The number of carbonyl (C=O) groups excluding carboxylic acids is 10. The van der Waals surface area contributed by atoms with E-state index in [4.69, 9.17) is 61.2 Å². The number of nitro groups is 4. The Morgan fingerprint density at radius 1 is 0.463 bits per heavy atom. The van der Waals surface area contributed by atoms with Crippen LogP contribution in [-0.4, -0.2) is 153 Å². The third-order valence-corrected chi connectivity index (χ3v) is 25.2. The van der Waals surface area contributed by atoms with Gasteiger partial charge in [-0.25, -0.2) is 19.4 Å². The molecule has 6 N–H and O–H groups in total. The normalized spacial score (nSPS) is 9.90. The van der Waals surface area contributed by atoms with Crippen LogP contribution in [0.25, 0.3) is 22.7 Å². The van der Waals surface area contributed by atoms with E-state index in [1.165, 1.54) is 60.7 Å². The maximum absolute atomic E-state index is 12.2. The first-order chi connectivity index (χ1) is 67.4. The van der Waals surface area contributed by atoms with Gasteiger partial charge in [-0.05, 0) is 87.9 Å². The number of ketones is 2. The number of benzene rings is 10. The van der Waals surface area contributed by atoms with Crippen LogP contribution in [0.5, 0.6) is 0 Å². The molecule has 0 atom stereocenters. The van der Waals surface area contributed by atoms with Crippen molar-refractivity contribution in [2.24, 2.45) is 11.5 Å². The Hall–Kier alpha value is -15.2. The fourth-order valence-corrected chi connectivity index (χ4v) is 17.3. The van der Waals surface area contributed by atoms with E-state index < -0.39 is 146 Å².